The Hall–Kier alpha value is -3.02. The van der Waals surface area contributed by atoms with Crippen LogP contribution in [0.3, 0.4) is 0 Å². The van der Waals surface area contributed by atoms with Crippen molar-refractivity contribution in [2.75, 3.05) is 52.1 Å². The van der Waals surface area contributed by atoms with Crippen LogP contribution in [0.4, 0.5) is 0 Å². The van der Waals surface area contributed by atoms with Crippen LogP contribution in [-0.4, -0.2) is 88.9 Å². The molecular formula is C36H44ClN5O4S. The van der Waals surface area contributed by atoms with Crippen LogP contribution >= 0.6 is 23.4 Å². The van der Waals surface area contributed by atoms with Gasteiger partial charge >= 0.3 is 0 Å². The molecule has 47 heavy (non-hydrogen) atoms. The molecule has 1 aliphatic carbocycles. The maximum Gasteiger partial charge on any atom is 0.263 e. The monoisotopic (exact) mass is 677 g/mol. The number of rotatable bonds is 10. The molecule has 0 bridgehead atoms. The van der Waals surface area contributed by atoms with Gasteiger partial charge in [-0.25, -0.2) is 4.98 Å². The van der Waals surface area contributed by atoms with Crippen molar-refractivity contribution in [3.8, 4) is 0 Å². The number of fused-ring (bicyclic) bond motifs is 1. The van der Waals surface area contributed by atoms with Gasteiger partial charge in [-0.2, -0.15) is 0 Å². The molecule has 1 aromatic heterocycles. The smallest absolute Gasteiger partial charge is 0.263 e. The molecule has 2 atom stereocenters. The Bertz CT molecular complexity index is 1730. The lowest BCUT2D eigenvalue weighted by molar-refractivity contribution is -0.135. The third-order valence-electron chi connectivity index (χ3n) is 9.95. The van der Waals surface area contributed by atoms with Crippen LogP contribution in [0, 0.1) is 6.92 Å². The largest absolute Gasteiger partial charge is 0.378 e. The lowest BCUT2D eigenvalue weighted by Gasteiger charge is -2.39. The number of amides is 2. The lowest BCUT2D eigenvalue weighted by atomic mass is 9.79. The Kier molecular flexibility index (Phi) is 10.5. The number of halogens is 1. The zero-order valence-corrected chi connectivity index (χ0v) is 29.1. The summed E-state index contributed by atoms with van der Waals surface area (Å²) in [6.07, 6.45) is 4.48. The van der Waals surface area contributed by atoms with Crippen molar-refractivity contribution in [1.82, 2.24) is 24.7 Å². The van der Waals surface area contributed by atoms with Crippen molar-refractivity contribution in [3.63, 3.8) is 0 Å². The molecule has 3 aliphatic rings. The van der Waals surface area contributed by atoms with E-state index < -0.39 is 11.9 Å². The number of aryl methyl sites for hydroxylation is 1. The van der Waals surface area contributed by atoms with E-state index in [0.717, 1.165) is 80.6 Å². The molecule has 2 fully saturated rings. The van der Waals surface area contributed by atoms with Gasteiger partial charge < -0.3 is 9.64 Å². The Morgan fingerprint density at radius 1 is 1.04 bits per heavy atom. The maximum atomic E-state index is 13.7. The van der Waals surface area contributed by atoms with Crippen molar-refractivity contribution in [3.05, 3.63) is 74.8 Å². The molecule has 250 valence electrons. The first kappa shape index (κ1) is 33.9. The average molecular weight is 678 g/mol. The van der Waals surface area contributed by atoms with E-state index in [1.807, 2.05) is 37.4 Å². The number of nitrogens with one attached hydrogen (secondary N) is 1. The standard InChI is InChI=1S/C36H44ClN5O4S/c1-24-38-29-6-4-7-31(33(29)35(45)42(24)30-12-13-32(43)39-34(30)44)47-21-5-16-40-17-19-41(20-18-40)23-26-22-36(2,46-3)15-14-28(26)25-8-10-27(37)11-9-25/h4,6-11,30H,5,12-23H2,1-3H3,(H,39,43,44). The molecule has 1 N–H and O–H groups in total. The second kappa shape index (κ2) is 14.6. The van der Waals surface area contributed by atoms with Crippen molar-refractivity contribution < 1.29 is 14.3 Å². The Labute approximate surface area is 285 Å². The third kappa shape index (κ3) is 7.67. The van der Waals surface area contributed by atoms with Crippen molar-refractivity contribution >= 4 is 51.7 Å². The number of thioether (sulfide) groups is 1. The van der Waals surface area contributed by atoms with Gasteiger partial charge in [0, 0.05) is 56.2 Å². The predicted octanol–water partition coefficient (Wildman–Crippen LogP) is 5.48. The van der Waals surface area contributed by atoms with Crippen LogP contribution in [0.2, 0.25) is 5.02 Å². The molecule has 9 nitrogen and oxygen atoms in total. The number of methoxy groups -OCH3 is 1. The number of nitrogens with zero attached hydrogens (tertiary/aromatic N) is 4. The number of carbonyl (C=O) groups excluding carboxylic acids is 2. The first-order chi connectivity index (χ1) is 22.6. The minimum Gasteiger partial charge on any atom is -0.378 e. The van der Waals surface area contributed by atoms with Gasteiger partial charge in [-0.3, -0.25) is 29.2 Å². The fourth-order valence-corrected chi connectivity index (χ4v) is 8.32. The number of hydrogen-bond acceptors (Lipinski definition) is 8. The zero-order valence-electron chi connectivity index (χ0n) is 27.5. The summed E-state index contributed by atoms with van der Waals surface area (Å²) < 4.78 is 7.41. The summed E-state index contributed by atoms with van der Waals surface area (Å²) in [5.74, 6) is 0.608. The van der Waals surface area contributed by atoms with Gasteiger partial charge in [-0.1, -0.05) is 29.8 Å². The number of imide groups is 1. The van der Waals surface area contributed by atoms with Crippen molar-refractivity contribution in [2.24, 2.45) is 0 Å². The highest BCUT2D eigenvalue weighted by Gasteiger charge is 2.33. The van der Waals surface area contributed by atoms with Gasteiger partial charge in [0.2, 0.25) is 11.8 Å². The number of piperidine rings is 1. The zero-order chi connectivity index (χ0) is 33.1. The molecule has 3 heterocycles. The number of ether oxygens (including phenoxy) is 1. The number of carbonyl (C=O) groups is 2. The van der Waals surface area contributed by atoms with E-state index in [1.165, 1.54) is 21.3 Å². The summed E-state index contributed by atoms with van der Waals surface area (Å²) >= 11 is 7.86. The van der Waals surface area contributed by atoms with E-state index in [4.69, 9.17) is 16.3 Å². The summed E-state index contributed by atoms with van der Waals surface area (Å²) in [7, 11) is 1.83. The van der Waals surface area contributed by atoms with E-state index in [9.17, 15) is 14.4 Å². The summed E-state index contributed by atoms with van der Waals surface area (Å²) in [4.78, 5) is 48.7. The molecule has 2 unspecified atom stereocenters. The molecular weight excluding hydrogens is 634 g/mol. The Morgan fingerprint density at radius 2 is 1.79 bits per heavy atom. The average Bonchev–Trinajstić information content (AvgIpc) is 3.05. The third-order valence-corrected chi connectivity index (χ3v) is 11.3. The van der Waals surface area contributed by atoms with Crippen LogP contribution in [0.15, 0.2) is 57.7 Å². The first-order valence-electron chi connectivity index (χ1n) is 16.6. The van der Waals surface area contributed by atoms with Crippen LogP contribution in [0.1, 0.15) is 62.9 Å². The fourth-order valence-electron chi connectivity index (χ4n) is 7.19. The van der Waals surface area contributed by atoms with Gasteiger partial charge in [0.15, 0.2) is 0 Å². The Balaban J connectivity index is 1.05. The number of aromatic nitrogens is 2. The van der Waals surface area contributed by atoms with E-state index in [2.05, 4.69) is 39.2 Å². The molecule has 2 saturated heterocycles. The molecule has 3 aromatic rings. The van der Waals surface area contributed by atoms with Crippen molar-refractivity contribution in [1.29, 1.82) is 0 Å². The van der Waals surface area contributed by atoms with Crippen LogP contribution in [0.5, 0.6) is 0 Å². The van der Waals surface area contributed by atoms with Gasteiger partial charge in [0.05, 0.1) is 16.5 Å². The van der Waals surface area contributed by atoms with Gasteiger partial charge in [0.1, 0.15) is 11.9 Å². The minimum atomic E-state index is -0.725. The van der Waals surface area contributed by atoms with Crippen molar-refractivity contribution in [2.45, 2.75) is 68.9 Å². The van der Waals surface area contributed by atoms with E-state index >= 15 is 0 Å². The second-order valence-corrected chi connectivity index (χ2v) is 14.8. The maximum absolute atomic E-state index is 13.7. The van der Waals surface area contributed by atoms with Crippen LogP contribution < -0.4 is 10.9 Å². The molecule has 6 rings (SSSR count). The molecule has 2 aliphatic heterocycles. The summed E-state index contributed by atoms with van der Waals surface area (Å²) in [5, 5.41) is 3.67. The highest BCUT2D eigenvalue weighted by molar-refractivity contribution is 7.99. The number of allylic oxidation sites excluding steroid dienone is 1. The SMILES string of the molecule is COC1(C)CCC(c2ccc(Cl)cc2)=C(CN2CCN(CCCSc3cccc4nc(C)n(C5CCC(=O)NC5=O)c(=O)c34)CC2)C1. The topological polar surface area (TPSA) is 96.8 Å². The predicted molar refractivity (Wildman–Crippen MR) is 188 cm³/mol. The normalized spacial score (nSPS) is 23.0. The number of benzene rings is 2. The number of piperazine rings is 1. The van der Waals surface area contributed by atoms with E-state index in [-0.39, 0.29) is 23.5 Å². The molecule has 0 radical (unpaired) electrons. The highest BCUT2D eigenvalue weighted by Crippen LogP contribution is 2.40. The van der Waals surface area contributed by atoms with Crippen LogP contribution in [-0.2, 0) is 14.3 Å². The molecule has 2 amide bonds. The summed E-state index contributed by atoms with van der Waals surface area (Å²) in [6, 6.07) is 13.3. The molecule has 11 heteroatoms. The first-order valence-corrected chi connectivity index (χ1v) is 18.0. The lowest BCUT2D eigenvalue weighted by Crippen LogP contribution is -2.47. The second-order valence-electron chi connectivity index (χ2n) is 13.2. The van der Waals surface area contributed by atoms with Gasteiger partial charge in [0.25, 0.3) is 5.56 Å². The van der Waals surface area contributed by atoms with E-state index in [0.29, 0.717) is 23.1 Å². The minimum absolute atomic E-state index is 0.123. The number of hydrogen-bond donors (Lipinski definition) is 1. The highest BCUT2D eigenvalue weighted by atomic mass is 35.5. The summed E-state index contributed by atoms with van der Waals surface area (Å²) in [6.45, 7) is 10.1. The Morgan fingerprint density at radius 3 is 2.51 bits per heavy atom. The van der Waals surface area contributed by atoms with Gasteiger partial charge in [-0.05, 0) is 99.2 Å². The molecule has 0 saturated carbocycles. The quantitative estimate of drug-likeness (QED) is 0.171. The van der Waals surface area contributed by atoms with E-state index in [1.54, 1.807) is 18.7 Å². The summed E-state index contributed by atoms with van der Waals surface area (Å²) in [5.41, 5.74) is 4.48. The molecule has 2 aromatic carbocycles. The fraction of sp³-hybridized carbons (Fsp3) is 0.500. The van der Waals surface area contributed by atoms with Crippen LogP contribution in [0.25, 0.3) is 16.5 Å². The van der Waals surface area contributed by atoms with Gasteiger partial charge in [-0.15, -0.1) is 11.8 Å². The molecule has 0 spiro atoms.